The molecule has 0 saturated heterocycles. The van der Waals surface area contributed by atoms with Crippen molar-refractivity contribution in [2.75, 3.05) is 16.8 Å². The van der Waals surface area contributed by atoms with E-state index in [2.05, 4.69) is 115 Å². The largest absolute Gasteiger partial charge is 0.352 e. The van der Waals surface area contributed by atoms with Crippen LogP contribution in [0.5, 0.6) is 0 Å². The molecule has 0 N–H and O–H groups in total. The fraction of sp³-hybridized carbons (Fsp3) is 0.412. The Labute approximate surface area is 221 Å². The Hall–Kier alpha value is -3.20. The van der Waals surface area contributed by atoms with E-state index >= 15 is 0 Å². The molecular formula is C34H37N3. The van der Waals surface area contributed by atoms with Gasteiger partial charge in [-0.25, -0.2) is 0 Å². The van der Waals surface area contributed by atoms with Gasteiger partial charge in [-0.1, -0.05) is 68.5 Å². The Morgan fingerprint density at radius 2 is 1.81 bits per heavy atom. The van der Waals surface area contributed by atoms with E-state index in [1.54, 1.807) is 5.56 Å². The SMILES string of the molecule is CCC1[C@H]2N(C)C3=C(CCC=C3)N2c2cc(N3c4ccccc4C4C=CC=CC43)ccc2C1(C)C1CC1. The average Bonchev–Trinajstić information content (AvgIpc) is 3.69. The van der Waals surface area contributed by atoms with Gasteiger partial charge in [0, 0.05) is 47.1 Å². The Bertz CT molecular complexity index is 1410. The lowest BCUT2D eigenvalue weighted by Gasteiger charge is -2.53. The van der Waals surface area contributed by atoms with Crippen molar-refractivity contribution in [2.45, 2.75) is 69.5 Å². The average molecular weight is 488 g/mol. The normalized spacial score (nSPS) is 32.9. The van der Waals surface area contributed by atoms with E-state index in [9.17, 15) is 0 Å². The van der Waals surface area contributed by atoms with Crippen LogP contribution in [0.4, 0.5) is 17.1 Å². The molecule has 1 saturated carbocycles. The number of allylic oxidation sites excluding steroid dienone is 5. The number of rotatable bonds is 3. The van der Waals surface area contributed by atoms with Crippen LogP contribution in [0.15, 0.2) is 90.3 Å². The van der Waals surface area contributed by atoms with Crippen molar-refractivity contribution in [3.05, 3.63) is 101 Å². The number of para-hydroxylation sites is 1. The molecule has 3 aliphatic heterocycles. The molecule has 0 bridgehead atoms. The van der Waals surface area contributed by atoms with Crippen LogP contribution < -0.4 is 9.80 Å². The smallest absolute Gasteiger partial charge is 0.109 e. The van der Waals surface area contributed by atoms with Gasteiger partial charge in [-0.15, -0.1) is 0 Å². The maximum absolute atomic E-state index is 2.77. The molecule has 3 nitrogen and oxygen atoms in total. The molecule has 6 aliphatic rings. The summed E-state index contributed by atoms with van der Waals surface area (Å²) in [6, 6.07) is 16.9. The van der Waals surface area contributed by atoms with Gasteiger partial charge in [0.2, 0.25) is 0 Å². The number of likely N-dealkylation sites (N-methyl/N-ethyl adjacent to an activating group) is 1. The Morgan fingerprint density at radius 1 is 0.973 bits per heavy atom. The topological polar surface area (TPSA) is 9.72 Å². The predicted octanol–water partition coefficient (Wildman–Crippen LogP) is 7.76. The summed E-state index contributed by atoms with van der Waals surface area (Å²) in [7, 11) is 2.35. The van der Waals surface area contributed by atoms with Crippen molar-refractivity contribution in [1.29, 1.82) is 0 Å². The molecule has 2 aromatic carbocycles. The summed E-state index contributed by atoms with van der Waals surface area (Å²) in [4.78, 5) is 7.99. The first-order valence-corrected chi connectivity index (χ1v) is 14.4. The minimum absolute atomic E-state index is 0.218. The highest BCUT2D eigenvalue weighted by atomic mass is 15.4. The first kappa shape index (κ1) is 21.8. The zero-order valence-electron chi connectivity index (χ0n) is 22.3. The molecule has 0 spiro atoms. The lowest BCUT2D eigenvalue weighted by atomic mass is 9.62. The quantitative estimate of drug-likeness (QED) is 0.438. The predicted molar refractivity (Wildman–Crippen MR) is 153 cm³/mol. The van der Waals surface area contributed by atoms with Gasteiger partial charge < -0.3 is 14.7 Å². The van der Waals surface area contributed by atoms with Crippen molar-refractivity contribution in [2.24, 2.45) is 11.8 Å². The maximum Gasteiger partial charge on any atom is 0.109 e. The molecule has 8 rings (SSSR count). The number of hydrogen-bond acceptors (Lipinski definition) is 3. The third-order valence-electron chi connectivity index (χ3n) is 10.5. The molecule has 2 aromatic rings. The van der Waals surface area contributed by atoms with Crippen molar-refractivity contribution < 1.29 is 0 Å². The standard InChI is InChI=1S/C34H37N3/c1-4-26-33-35(3)30-15-9-10-16-31(30)37(33)32-21-23(19-20-27(32)34(26,2)22-17-18-22)36-28-13-7-5-11-24(28)25-12-6-8-14-29(25)36/h5-9,11-15,19-22,24,26,28,33H,4,10,16-18H2,1-3H3/t24?,26?,28?,33-,34?/m0/s1. The van der Waals surface area contributed by atoms with Crippen LogP contribution in [0.3, 0.4) is 0 Å². The molecule has 3 aliphatic carbocycles. The van der Waals surface area contributed by atoms with Gasteiger partial charge in [0.1, 0.15) is 6.17 Å². The molecule has 37 heavy (non-hydrogen) atoms. The monoisotopic (exact) mass is 487 g/mol. The molecule has 4 unspecified atom stereocenters. The van der Waals surface area contributed by atoms with Crippen molar-refractivity contribution in [1.82, 2.24) is 4.90 Å². The highest BCUT2D eigenvalue weighted by molar-refractivity contribution is 5.80. The van der Waals surface area contributed by atoms with Crippen LogP contribution in [-0.2, 0) is 5.41 Å². The second kappa shape index (κ2) is 7.66. The lowest BCUT2D eigenvalue weighted by Crippen LogP contribution is -2.56. The fourth-order valence-corrected chi connectivity index (χ4v) is 8.68. The summed E-state index contributed by atoms with van der Waals surface area (Å²) in [6.07, 6.45) is 20.6. The number of anilines is 3. The zero-order valence-corrected chi connectivity index (χ0v) is 22.3. The Balaban J connectivity index is 1.34. The summed E-state index contributed by atoms with van der Waals surface area (Å²) in [5.41, 5.74) is 10.4. The summed E-state index contributed by atoms with van der Waals surface area (Å²) in [5.74, 6) is 1.83. The molecule has 0 aromatic heterocycles. The molecule has 5 atom stereocenters. The Morgan fingerprint density at radius 3 is 2.65 bits per heavy atom. The molecular weight excluding hydrogens is 450 g/mol. The van der Waals surface area contributed by atoms with Crippen molar-refractivity contribution in [3.8, 4) is 0 Å². The van der Waals surface area contributed by atoms with Crippen LogP contribution in [0.1, 0.15) is 63.0 Å². The zero-order chi connectivity index (χ0) is 24.9. The third-order valence-corrected chi connectivity index (χ3v) is 10.5. The van der Waals surface area contributed by atoms with Gasteiger partial charge in [0.05, 0.1) is 11.7 Å². The van der Waals surface area contributed by atoms with Gasteiger partial charge in [0.15, 0.2) is 0 Å². The van der Waals surface area contributed by atoms with E-state index in [0.717, 1.165) is 18.8 Å². The van der Waals surface area contributed by atoms with Crippen LogP contribution in [0, 0.1) is 11.8 Å². The van der Waals surface area contributed by atoms with Crippen molar-refractivity contribution in [3.63, 3.8) is 0 Å². The number of nitrogens with zero attached hydrogens (tertiary/aromatic N) is 3. The summed E-state index contributed by atoms with van der Waals surface area (Å²) >= 11 is 0. The fourth-order valence-electron chi connectivity index (χ4n) is 8.68. The van der Waals surface area contributed by atoms with E-state index in [1.807, 2.05) is 0 Å². The minimum Gasteiger partial charge on any atom is -0.352 e. The van der Waals surface area contributed by atoms with E-state index in [4.69, 9.17) is 0 Å². The molecule has 3 heteroatoms. The highest BCUT2D eigenvalue weighted by Gasteiger charge is 2.58. The van der Waals surface area contributed by atoms with E-state index < -0.39 is 0 Å². The van der Waals surface area contributed by atoms with Crippen LogP contribution >= 0.6 is 0 Å². The first-order chi connectivity index (χ1) is 18.1. The van der Waals surface area contributed by atoms with E-state index in [1.165, 1.54) is 53.3 Å². The van der Waals surface area contributed by atoms with Crippen molar-refractivity contribution >= 4 is 17.1 Å². The van der Waals surface area contributed by atoms with Gasteiger partial charge in [-0.3, -0.25) is 0 Å². The summed E-state index contributed by atoms with van der Waals surface area (Å²) in [6.45, 7) is 5.03. The molecule has 1 fully saturated rings. The van der Waals surface area contributed by atoms with E-state index in [0.29, 0.717) is 24.0 Å². The summed E-state index contributed by atoms with van der Waals surface area (Å²) < 4.78 is 0. The molecule has 0 radical (unpaired) electrons. The second-order valence-electron chi connectivity index (χ2n) is 12.2. The van der Waals surface area contributed by atoms with Gasteiger partial charge in [-0.05, 0) is 73.4 Å². The van der Waals surface area contributed by atoms with E-state index in [-0.39, 0.29) is 5.41 Å². The minimum atomic E-state index is 0.218. The van der Waals surface area contributed by atoms with Crippen LogP contribution in [0.25, 0.3) is 0 Å². The number of hydrogen-bond donors (Lipinski definition) is 0. The van der Waals surface area contributed by atoms with Gasteiger partial charge in [-0.2, -0.15) is 0 Å². The summed E-state index contributed by atoms with van der Waals surface area (Å²) in [5, 5.41) is 0. The lowest BCUT2D eigenvalue weighted by molar-refractivity contribution is 0.126. The number of fused-ring (bicyclic) bond motifs is 7. The molecule has 0 amide bonds. The van der Waals surface area contributed by atoms with Crippen LogP contribution in [0.2, 0.25) is 0 Å². The number of benzene rings is 2. The molecule has 3 heterocycles. The van der Waals surface area contributed by atoms with Crippen LogP contribution in [-0.4, -0.2) is 24.2 Å². The first-order valence-electron chi connectivity index (χ1n) is 14.4. The molecule has 188 valence electrons. The third kappa shape index (κ3) is 2.78. The highest BCUT2D eigenvalue weighted by Crippen LogP contribution is 2.62. The Kier molecular flexibility index (Phi) is 4.52. The van der Waals surface area contributed by atoms with Gasteiger partial charge in [0.25, 0.3) is 0 Å². The second-order valence-corrected chi connectivity index (χ2v) is 12.2. The maximum atomic E-state index is 2.77. The van der Waals surface area contributed by atoms with Gasteiger partial charge >= 0.3 is 0 Å².